The van der Waals surface area contributed by atoms with Gasteiger partial charge in [-0.1, -0.05) is 12.1 Å². The Bertz CT molecular complexity index is 986. The average molecular weight is 416 g/mol. The molecule has 0 unspecified atom stereocenters. The van der Waals surface area contributed by atoms with Crippen LogP contribution in [0.15, 0.2) is 28.7 Å². The smallest absolute Gasteiger partial charge is 0.255 e. The Balaban J connectivity index is 1.82. The highest BCUT2D eigenvalue weighted by Gasteiger charge is 2.15. The second-order valence-electron chi connectivity index (χ2n) is 6.47. The van der Waals surface area contributed by atoms with Gasteiger partial charge in [-0.2, -0.15) is 10.2 Å². The van der Waals surface area contributed by atoms with Gasteiger partial charge in [0.25, 0.3) is 5.91 Å². The number of nitrogens with zero attached hydrogens (tertiary/aromatic N) is 4. The molecule has 136 valence electrons. The first kappa shape index (κ1) is 18.4. The van der Waals surface area contributed by atoms with Crippen LogP contribution in [-0.4, -0.2) is 25.5 Å². The number of aromatic nitrogens is 4. The van der Waals surface area contributed by atoms with Gasteiger partial charge in [0.2, 0.25) is 0 Å². The quantitative estimate of drug-likeness (QED) is 0.702. The Kier molecular flexibility index (Phi) is 5.00. The standard InChI is InChI=1S/C19H22BrN5O/c1-11-17(20)13(3)25(23-11)10-15-7-6-8-16(9-15)19(26)21-18-12(2)22-24(5)14(18)4/h6-9H,10H2,1-5H3,(H,21,26). The summed E-state index contributed by atoms with van der Waals surface area (Å²) in [5.74, 6) is -0.138. The van der Waals surface area contributed by atoms with Gasteiger partial charge in [-0.3, -0.25) is 14.2 Å². The summed E-state index contributed by atoms with van der Waals surface area (Å²) in [6.07, 6.45) is 0. The number of aryl methyl sites for hydroxylation is 3. The Labute approximate surface area is 161 Å². The number of hydrogen-bond donors (Lipinski definition) is 1. The van der Waals surface area contributed by atoms with Crippen LogP contribution in [0.25, 0.3) is 0 Å². The molecule has 1 aromatic carbocycles. The predicted molar refractivity (Wildman–Crippen MR) is 106 cm³/mol. The molecule has 0 saturated carbocycles. The van der Waals surface area contributed by atoms with Gasteiger partial charge in [0.05, 0.1) is 39.5 Å². The van der Waals surface area contributed by atoms with E-state index in [4.69, 9.17) is 0 Å². The van der Waals surface area contributed by atoms with E-state index in [1.807, 2.05) is 63.7 Å². The van der Waals surface area contributed by atoms with E-state index in [1.54, 1.807) is 4.68 Å². The average Bonchev–Trinajstić information content (AvgIpc) is 2.99. The summed E-state index contributed by atoms with van der Waals surface area (Å²) in [4.78, 5) is 12.7. The normalized spacial score (nSPS) is 11.0. The number of nitrogens with one attached hydrogen (secondary N) is 1. The van der Waals surface area contributed by atoms with Crippen LogP contribution in [0.2, 0.25) is 0 Å². The van der Waals surface area contributed by atoms with E-state index in [9.17, 15) is 4.79 Å². The molecule has 0 aliphatic rings. The topological polar surface area (TPSA) is 64.7 Å². The molecule has 0 fully saturated rings. The molecule has 0 saturated heterocycles. The number of halogens is 1. The summed E-state index contributed by atoms with van der Waals surface area (Å²) in [7, 11) is 1.87. The molecule has 2 aromatic heterocycles. The third kappa shape index (κ3) is 3.44. The summed E-state index contributed by atoms with van der Waals surface area (Å²) in [5.41, 5.74) is 6.17. The molecule has 7 heteroatoms. The van der Waals surface area contributed by atoms with Crippen LogP contribution in [0.3, 0.4) is 0 Å². The lowest BCUT2D eigenvalue weighted by atomic mass is 10.1. The summed E-state index contributed by atoms with van der Waals surface area (Å²) in [6, 6.07) is 7.62. The molecule has 2 heterocycles. The van der Waals surface area contributed by atoms with Crippen LogP contribution < -0.4 is 5.32 Å². The fourth-order valence-corrected chi connectivity index (χ4v) is 3.24. The summed E-state index contributed by atoms with van der Waals surface area (Å²) in [5, 5.41) is 11.8. The number of carbonyl (C=O) groups excluding carboxylic acids is 1. The summed E-state index contributed by atoms with van der Waals surface area (Å²) in [6.45, 7) is 8.43. The van der Waals surface area contributed by atoms with Gasteiger partial charge in [0.15, 0.2) is 0 Å². The molecule has 26 heavy (non-hydrogen) atoms. The highest BCUT2D eigenvalue weighted by Crippen LogP contribution is 2.22. The van der Waals surface area contributed by atoms with Gasteiger partial charge in [-0.15, -0.1) is 0 Å². The second-order valence-corrected chi connectivity index (χ2v) is 7.26. The molecule has 0 aliphatic heterocycles. The molecule has 1 N–H and O–H groups in total. The molecular formula is C19H22BrN5O. The summed E-state index contributed by atoms with van der Waals surface area (Å²) >= 11 is 3.55. The van der Waals surface area contributed by atoms with Crippen molar-refractivity contribution in [3.8, 4) is 0 Å². The number of amides is 1. The molecule has 0 bridgehead atoms. The molecular weight excluding hydrogens is 394 g/mol. The Morgan fingerprint density at radius 1 is 1.12 bits per heavy atom. The van der Waals surface area contributed by atoms with Crippen molar-refractivity contribution in [1.82, 2.24) is 19.6 Å². The van der Waals surface area contributed by atoms with Crippen molar-refractivity contribution in [3.05, 3.63) is 62.6 Å². The van der Waals surface area contributed by atoms with E-state index in [0.29, 0.717) is 12.1 Å². The number of benzene rings is 1. The Morgan fingerprint density at radius 3 is 2.42 bits per heavy atom. The van der Waals surface area contributed by atoms with Crippen LogP contribution in [0.5, 0.6) is 0 Å². The Hall–Kier alpha value is -2.41. The third-order valence-electron chi connectivity index (χ3n) is 4.56. The van der Waals surface area contributed by atoms with Gasteiger partial charge in [-0.25, -0.2) is 0 Å². The summed E-state index contributed by atoms with van der Waals surface area (Å²) < 4.78 is 4.72. The predicted octanol–water partition coefficient (Wildman–Crippen LogP) is 3.91. The van der Waals surface area contributed by atoms with Gasteiger partial charge in [-0.05, 0) is 61.3 Å². The first-order valence-electron chi connectivity index (χ1n) is 8.38. The third-order valence-corrected chi connectivity index (χ3v) is 5.71. The van der Waals surface area contributed by atoms with Crippen molar-refractivity contribution < 1.29 is 4.79 Å². The molecule has 3 aromatic rings. The molecule has 3 rings (SSSR count). The van der Waals surface area contributed by atoms with Crippen LogP contribution in [0.4, 0.5) is 5.69 Å². The Morgan fingerprint density at radius 2 is 1.85 bits per heavy atom. The van der Waals surface area contributed by atoms with Crippen molar-refractivity contribution >= 4 is 27.5 Å². The van der Waals surface area contributed by atoms with E-state index in [0.717, 1.165) is 38.5 Å². The molecule has 0 spiro atoms. The highest BCUT2D eigenvalue weighted by atomic mass is 79.9. The largest absolute Gasteiger partial charge is 0.319 e. The number of anilines is 1. The molecule has 6 nitrogen and oxygen atoms in total. The zero-order chi connectivity index (χ0) is 19.0. The zero-order valence-electron chi connectivity index (χ0n) is 15.6. The minimum atomic E-state index is -0.138. The lowest BCUT2D eigenvalue weighted by Gasteiger charge is -2.09. The first-order valence-corrected chi connectivity index (χ1v) is 9.17. The minimum Gasteiger partial charge on any atom is -0.319 e. The van der Waals surface area contributed by atoms with Crippen LogP contribution in [0.1, 0.15) is 38.7 Å². The SMILES string of the molecule is Cc1nn(Cc2cccc(C(=O)Nc3c(C)nn(C)c3C)c2)c(C)c1Br. The van der Waals surface area contributed by atoms with Crippen LogP contribution in [-0.2, 0) is 13.6 Å². The maximum Gasteiger partial charge on any atom is 0.255 e. The maximum atomic E-state index is 12.7. The zero-order valence-corrected chi connectivity index (χ0v) is 17.2. The van der Waals surface area contributed by atoms with Crippen molar-refractivity contribution in [3.63, 3.8) is 0 Å². The van der Waals surface area contributed by atoms with Crippen LogP contribution in [0, 0.1) is 27.7 Å². The first-order chi connectivity index (χ1) is 12.3. The lowest BCUT2D eigenvalue weighted by Crippen LogP contribution is -2.14. The van der Waals surface area contributed by atoms with Crippen molar-refractivity contribution in [1.29, 1.82) is 0 Å². The fourth-order valence-electron chi connectivity index (χ4n) is 2.95. The molecule has 1 amide bonds. The van der Waals surface area contributed by atoms with Crippen molar-refractivity contribution in [2.75, 3.05) is 5.32 Å². The number of hydrogen-bond acceptors (Lipinski definition) is 3. The molecule has 0 radical (unpaired) electrons. The maximum absolute atomic E-state index is 12.7. The number of rotatable bonds is 4. The van der Waals surface area contributed by atoms with Crippen LogP contribution >= 0.6 is 15.9 Å². The van der Waals surface area contributed by atoms with Gasteiger partial charge in [0.1, 0.15) is 0 Å². The molecule has 0 atom stereocenters. The minimum absolute atomic E-state index is 0.138. The fraction of sp³-hybridized carbons (Fsp3) is 0.316. The number of carbonyl (C=O) groups is 1. The monoisotopic (exact) mass is 415 g/mol. The van der Waals surface area contributed by atoms with E-state index in [1.165, 1.54) is 0 Å². The van der Waals surface area contributed by atoms with Gasteiger partial charge >= 0.3 is 0 Å². The van der Waals surface area contributed by atoms with E-state index < -0.39 is 0 Å². The highest BCUT2D eigenvalue weighted by molar-refractivity contribution is 9.10. The lowest BCUT2D eigenvalue weighted by molar-refractivity contribution is 0.102. The van der Waals surface area contributed by atoms with E-state index in [2.05, 4.69) is 31.4 Å². The van der Waals surface area contributed by atoms with Crippen molar-refractivity contribution in [2.24, 2.45) is 7.05 Å². The van der Waals surface area contributed by atoms with Gasteiger partial charge < -0.3 is 5.32 Å². The van der Waals surface area contributed by atoms with E-state index >= 15 is 0 Å². The van der Waals surface area contributed by atoms with E-state index in [-0.39, 0.29) is 5.91 Å². The second kappa shape index (κ2) is 7.07. The van der Waals surface area contributed by atoms with Crippen molar-refractivity contribution in [2.45, 2.75) is 34.2 Å². The molecule has 0 aliphatic carbocycles. The van der Waals surface area contributed by atoms with Gasteiger partial charge in [0, 0.05) is 12.6 Å².